The third-order valence-corrected chi connectivity index (χ3v) is 2.18. The molecule has 6 heteroatoms. The summed E-state index contributed by atoms with van der Waals surface area (Å²) in [5.74, 6) is 0. The second-order valence-corrected chi connectivity index (χ2v) is 3.74. The predicted octanol–water partition coefficient (Wildman–Crippen LogP) is 0.835. The van der Waals surface area contributed by atoms with E-state index in [0.29, 0.717) is 19.6 Å². The van der Waals surface area contributed by atoms with Crippen LogP contribution in [0, 0.1) is 0 Å². The van der Waals surface area contributed by atoms with Crippen LogP contribution in [-0.2, 0) is 11.3 Å². The Morgan fingerprint density at radius 1 is 1.00 bits per heavy atom. The van der Waals surface area contributed by atoms with Gasteiger partial charge in [0.1, 0.15) is 0 Å². The molecule has 0 radical (unpaired) electrons. The minimum Gasteiger partial charge on any atom is -0.449 e. The average Bonchev–Trinajstić information content (AvgIpc) is 2.23. The van der Waals surface area contributed by atoms with Crippen molar-refractivity contribution in [1.29, 1.82) is 0 Å². The zero-order valence-corrected chi connectivity index (χ0v) is 13.2. The summed E-state index contributed by atoms with van der Waals surface area (Å²) < 4.78 is 40.8. The van der Waals surface area contributed by atoms with Crippen molar-refractivity contribution in [3.8, 4) is 0 Å². The molecule has 0 aliphatic carbocycles. The molecule has 1 aromatic rings. The van der Waals surface area contributed by atoms with E-state index in [1.807, 2.05) is 30.3 Å². The fourth-order valence-corrected chi connectivity index (χ4v) is 1.34. The Morgan fingerprint density at radius 3 is 2.24 bits per heavy atom. The molecule has 17 heavy (non-hydrogen) atoms. The van der Waals surface area contributed by atoms with Gasteiger partial charge in [0.05, 0.1) is 6.61 Å². The van der Waals surface area contributed by atoms with Crippen molar-refractivity contribution in [1.82, 2.24) is 0 Å². The van der Waals surface area contributed by atoms with Crippen LogP contribution in [0.2, 0.25) is 6.32 Å². The molecule has 1 aromatic carbocycles. The SMILES string of the molecule is F[B-](F)(F)CCCCOCc1ccccc1.[K+]. The maximum absolute atomic E-state index is 11.9. The number of hydrogen-bond acceptors (Lipinski definition) is 1. The fourth-order valence-electron chi connectivity index (χ4n) is 1.34. The summed E-state index contributed by atoms with van der Waals surface area (Å²) in [5, 5.41) is 0. The maximum atomic E-state index is 11.9. The van der Waals surface area contributed by atoms with E-state index in [9.17, 15) is 12.9 Å². The summed E-state index contributed by atoms with van der Waals surface area (Å²) >= 11 is 0. The van der Waals surface area contributed by atoms with Crippen LogP contribution in [0.1, 0.15) is 18.4 Å². The van der Waals surface area contributed by atoms with E-state index in [-0.39, 0.29) is 57.8 Å². The molecule has 90 valence electrons. The largest absolute Gasteiger partial charge is 1.00 e. The minimum atomic E-state index is -4.62. The number of benzene rings is 1. The first kappa shape index (κ1) is 17.7. The van der Waals surface area contributed by atoms with E-state index >= 15 is 0 Å². The molecule has 0 saturated carbocycles. The zero-order valence-electron chi connectivity index (χ0n) is 10.0. The molecule has 0 bridgehead atoms. The number of unbranched alkanes of at least 4 members (excludes halogenated alkanes) is 1. The second-order valence-electron chi connectivity index (χ2n) is 3.74. The third-order valence-electron chi connectivity index (χ3n) is 2.18. The molecule has 1 rings (SSSR count). The summed E-state index contributed by atoms with van der Waals surface area (Å²) in [6.45, 7) is -3.76. The van der Waals surface area contributed by atoms with Gasteiger partial charge in [0, 0.05) is 6.61 Å². The van der Waals surface area contributed by atoms with Crippen molar-refractivity contribution in [2.75, 3.05) is 6.61 Å². The van der Waals surface area contributed by atoms with Crippen molar-refractivity contribution in [3.05, 3.63) is 35.9 Å². The van der Waals surface area contributed by atoms with Crippen LogP contribution in [0.4, 0.5) is 12.9 Å². The summed E-state index contributed by atoms with van der Waals surface area (Å²) in [7, 11) is 0. The molecule has 0 amide bonds. The van der Waals surface area contributed by atoms with Gasteiger partial charge in [0.15, 0.2) is 0 Å². The van der Waals surface area contributed by atoms with Gasteiger partial charge in [-0.1, -0.05) is 43.1 Å². The van der Waals surface area contributed by atoms with E-state index < -0.39 is 13.3 Å². The van der Waals surface area contributed by atoms with Crippen LogP contribution in [0.3, 0.4) is 0 Å². The molecular formula is C11H15BF3KO. The fraction of sp³-hybridized carbons (Fsp3) is 0.455. The zero-order chi connectivity index (χ0) is 11.9. The Balaban J connectivity index is 0.00000256. The Labute approximate surface area is 143 Å². The van der Waals surface area contributed by atoms with Crippen LogP contribution >= 0.6 is 0 Å². The summed E-state index contributed by atoms with van der Waals surface area (Å²) in [4.78, 5) is 0. The van der Waals surface area contributed by atoms with Crippen LogP contribution in [-0.4, -0.2) is 13.6 Å². The van der Waals surface area contributed by atoms with Gasteiger partial charge in [-0.25, -0.2) is 0 Å². The van der Waals surface area contributed by atoms with Gasteiger partial charge < -0.3 is 17.7 Å². The molecule has 0 aliphatic rings. The molecule has 0 fully saturated rings. The number of ether oxygens (including phenoxy) is 1. The summed E-state index contributed by atoms with van der Waals surface area (Å²) in [6, 6.07) is 9.59. The topological polar surface area (TPSA) is 9.23 Å². The maximum Gasteiger partial charge on any atom is 1.00 e. The van der Waals surface area contributed by atoms with Gasteiger partial charge in [-0.2, -0.15) is 0 Å². The number of hydrogen-bond donors (Lipinski definition) is 0. The summed E-state index contributed by atoms with van der Waals surface area (Å²) in [6.07, 6.45) is -0.0267. The van der Waals surface area contributed by atoms with Crippen LogP contribution in [0.15, 0.2) is 30.3 Å². The second kappa shape index (κ2) is 9.58. The molecule has 0 atom stereocenters. The first-order valence-electron chi connectivity index (χ1n) is 5.40. The van der Waals surface area contributed by atoms with E-state index in [4.69, 9.17) is 4.74 Å². The number of rotatable bonds is 7. The summed E-state index contributed by atoms with van der Waals surface area (Å²) in [5.41, 5.74) is 1.04. The van der Waals surface area contributed by atoms with Crippen LogP contribution < -0.4 is 51.4 Å². The van der Waals surface area contributed by atoms with Crippen LogP contribution in [0.5, 0.6) is 0 Å². The minimum absolute atomic E-state index is 0. The standard InChI is InChI=1S/C11H15BF3O.K/c13-12(14,15)8-4-5-9-16-10-11-6-2-1-3-7-11;/h1-3,6-7H,4-5,8-10H2;/q-1;+1. The Hall–Kier alpha value is 0.671. The number of halogens is 3. The third kappa shape index (κ3) is 10.3. The molecule has 0 saturated heterocycles. The van der Waals surface area contributed by atoms with Crippen molar-refractivity contribution >= 4 is 6.98 Å². The predicted molar refractivity (Wildman–Crippen MR) is 59.2 cm³/mol. The van der Waals surface area contributed by atoms with Gasteiger partial charge in [-0.05, 0) is 12.0 Å². The van der Waals surface area contributed by atoms with E-state index in [1.54, 1.807) is 0 Å². The Kier molecular flexibility index (Phi) is 9.96. The molecule has 1 nitrogen and oxygen atoms in total. The van der Waals surface area contributed by atoms with Crippen molar-refractivity contribution in [3.63, 3.8) is 0 Å². The molecular weight excluding hydrogens is 255 g/mol. The van der Waals surface area contributed by atoms with Gasteiger partial charge in [-0.15, -0.1) is 0 Å². The van der Waals surface area contributed by atoms with Gasteiger partial charge in [0.2, 0.25) is 0 Å². The van der Waals surface area contributed by atoms with E-state index in [2.05, 4.69) is 0 Å². The first-order valence-corrected chi connectivity index (χ1v) is 5.40. The molecule has 0 N–H and O–H groups in total. The smallest absolute Gasteiger partial charge is 0.449 e. The van der Waals surface area contributed by atoms with Crippen molar-refractivity contribution in [2.45, 2.75) is 25.8 Å². The quantitative estimate of drug-likeness (QED) is 0.527. The Bertz CT molecular complexity index is 293. The Morgan fingerprint density at radius 2 is 1.65 bits per heavy atom. The molecule has 0 spiro atoms. The normalized spacial score (nSPS) is 11.0. The van der Waals surface area contributed by atoms with Crippen LogP contribution in [0.25, 0.3) is 0 Å². The van der Waals surface area contributed by atoms with Gasteiger partial charge in [-0.3, -0.25) is 0 Å². The molecule has 0 unspecified atom stereocenters. The molecule has 0 heterocycles. The van der Waals surface area contributed by atoms with E-state index in [1.165, 1.54) is 0 Å². The van der Waals surface area contributed by atoms with E-state index in [0.717, 1.165) is 5.56 Å². The molecule has 0 aromatic heterocycles. The van der Waals surface area contributed by atoms with Crippen molar-refractivity contribution < 1.29 is 69.1 Å². The first-order chi connectivity index (χ1) is 7.58. The van der Waals surface area contributed by atoms with Gasteiger partial charge in [0.25, 0.3) is 0 Å². The van der Waals surface area contributed by atoms with Crippen molar-refractivity contribution in [2.24, 2.45) is 0 Å². The monoisotopic (exact) mass is 270 g/mol. The molecule has 0 aliphatic heterocycles. The average molecular weight is 270 g/mol. The van der Waals surface area contributed by atoms with Gasteiger partial charge >= 0.3 is 58.4 Å².